The van der Waals surface area contributed by atoms with Crippen LogP contribution in [0.3, 0.4) is 0 Å². The first-order valence-corrected chi connectivity index (χ1v) is 9.31. The lowest BCUT2D eigenvalue weighted by Gasteiger charge is -2.35. The molecule has 3 aromatic rings. The molecule has 1 fully saturated rings. The quantitative estimate of drug-likeness (QED) is 0.528. The van der Waals surface area contributed by atoms with Crippen LogP contribution in [0, 0.1) is 0 Å². The number of guanidine groups is 1. The molecule has 146 valence electrons. The van der Waals surface area contributed by atoms with E-state index in [1.807, 2.05) is 53.1 Å². The molecule has 3 aromatic heterocycles. The van der Waals surface area contributed by atoms with E-state index in [0.717, 1.165) is 29.4 Å². The third kappa shape index (κ3) is 3.68. The number of imidazole rings is 1. The molecule has 9 nitrogen and oxygen atoms in total. The number of aliphatic imine (C=N–C) groups is 1. The lowest BCUT2D eigenvalue weighted by atomic mass is 10.3. The summed E-state index contributed by atoms with van der Waals surface area (Å²) in [4.78, 5) is 25.3. The molecule has 4 heterocycles. The number of aromatic nitrogens is 4. The third-order valence-corrected chi connectivity index (χ3v) is 4.81. The van der Waals surface area contributed by atoms with E-state index in [1.165, 1.54) is 0 Å². The van der Waals surface area contributed by atoms with Crippen molar-refractivity contribution in [3.8, 4) is 0 Å². The largest absolute Gasteiger partial charge is 0.356 e. The number of carbonyl (C=O) groups is 1. The minimum absolute atomic E-state index is 0.0440. The van der Waals surface area contributed by atoms with Gasteiger partial charge in [0.2, 0.25) is 5.91 Å². The van der Waals surface area contributed by atoms with Crippen LogP contribution >= 0.6 is 0 Å². The van der Waals surface area contributed by atoms with Gasteiger partial charge in [0.1, 0.15) is 12.2 Å². The minimum atomic E-state index is 0.0440. The Morgan fingerprint density at radius 2 is 2.18 bits per heavy atom. The van der Waals surface area contributed by atoms with Crippen molar-refractivity contribution < 1.29 is 4.79 Å². The van der Waals surface area contributed by atoms with E-state index in [4.69, 9.17) is 0 Å². The van der Waals surface area contributed by atoms with Crippen molar-refractivity contribution >= 4 is 23.2 Å². The molecule has 0 bridgehead atoms. The Morgan fingerprint density at radius 3 is 2.89 bits per heavy atom. The van der Waals surface area contributed by atoms with E-state index in [2.05, 4.69) is 20.4 Å². The zero-order chi connectivity index (χ0) is 19.5. The van der Waals surface area contributed by atoms with Crippen LogP contribution in [0.1, 0.15) is 5.69 Å². The van der Waals surface area contributed by atoms with Gasteiger partial charge in [-0.1, -0.05) is 6.07 Å². The molecular weight excluding hydrogens is 356 g/mol. The Labute approximate surface area is 163 Å². The maximum absolute atomic E-state index is 12.6. The van der Waals surface area contributed by atoms with Gasteiger partial charge in [0, 0.05) is 58.7 Å². The molecule has 1 amide bonds. The normalized spacial score (nSPS) is 15.5. The molecule has 0 radical (unpaired) electrons. The van der Waals surface area contributed by atoms with E-state index in [1.54, 1.807) is 22.8 Å². The Balaban J connectivity index is 1.32. The van der Waals surface area contributed by atoms with Crippen molar-refractivity contribution in [3.05, 3.63) is 48.7 Å². The van der Waals surface area contributed by atoms with Gasteiger partial charge in [-0.25, -0.2) is 4.98 Å². The fourth-order valence-electron chi connectivity index (χ4n) is 3.42. The molecule has 1 aliphatic heterocycles. The highest BCUT2D eigenvalue weighted by atomic mass is 16.2. The Morgan fingerprint density at radius 1 is 1.29 bits per heavy atom. The fourth-order valence-corrected chi connectivity index (χ4v) is 3.42. The summed E-state index contributed by atoms with van der Waals surface area (Å²) in [7, 11) is 3.59. The van der Waals surface area contributed by atoms with Crippen LogP contribution < -0.4 is 10.2 Å². The highest BCUT2D eigenvalue weighted by Crippen LogP contribution is 2.16. The predicted octanol–water partition coefficient (Wildman–Crippen LogP) is 0.534. The molecule has 0 aliphatic carbocycles. The lowest BCUT2D eigenvalue weighted by Crippen LogP contribution is -2.55. The number of anilines is 1. The smallest absolute Gasteiger partial charge is 0.246 e. The zero-order valence-electron chi connectivity index (χ0n) is 16.1. The Kier molecular flexibility index (Phi) is 4.96. The third-order valence-electron chi connectivity index (χ3n) is 4.81. The molecule has 4 rings (SSSR count). The summed E-state index contributed by atoms with van der Waals surface area (Å²) >= 11 is 0. The van der Waals surface area contributed by atoms with Crippen LogP contribution in [0.4, 0.5) is 5.69 Å². The van der Waals surface area contributed by atoms with Crippen LogP contribution in [0.15, 0.2) is 48.0 Å². The second-order valence-electron chi connectivity index (χ2n) is 6.76. The average Bonchev–Trinajstić information content (AvgIpc) is 3.31. The van der Waals surface area contributed by atoms with Crippen LogP contribution in [0.5, 0.6) is 0 Å². The number of carbonyl (C=O) groups excluding carboxylic acids is 1. The summed E-state index contributed by atoms with van der Waals surface area (Å²) in [6.45, 7) is 2.32. The van der Waals surface area contributed by atoms with Crippen molar-refractivity contribution in [1.82, 2.24) is 29.4 Å². The van der Waals surface area contributed by atoms with Crippen molar-refractivity contribution in [2.24, 2.45) is 12.0 Å². The number of pyridine rings is 1. The fraction of sp³-hybridized carbons (Fsp3) is 0.368. The standard InChI is InChI=1S/C19H24N8O/c1-20-19(21-7-6-15-12-25-8-4-3-5-17(25)23-15)26-9-10-27(18(28)14-26)16-11-22-24(2)13-16/h3-5,8,11-13H,6-7,9-10,14H2,1-2H3,(H,20,21). The van der Waals surface area contributed by atoms with Crippen LogP contribution in [-0.2, 0) is 18.3 Å². The van der Waals surface area contributed by atoms with E-state index < -0.39 is 0 Å². The minimum Gasteiger partial charge on any atom is -0.356 e. The van der Waals surface area contributed by atoms with E-state index in [9.17, 15) is 4.79 Å². The van der Waals surface area contributed by atoms with Gasteiger partial charge in [0.25, 0.3) is 0 Å². The van der Waals surface area contributed by atoms with Gasteiger partial charge >= 0.3 is 0 Å². The summed E-state index contributed by atoms with van der Waals surface area (Å²) in [5.41, 5.74) is 2.80. The first kappa shape index (κ1) is 18.0. The summed E-state index contributed by atoms with van der Waals surface area (Å²) in [5, 5.41) is 7.50. The van der Waals surface area contributed by atoms with Gasteiger partial charge in [-0.3, -0.25) is 14.5 Å². The molecule has 1 N–H and O–H groups in total. The Bertz CT molecular complexity index is 971. The van der Waals surface area contributed by atoms with E-state index in [-0.39, 0.29) is 5.91 Å². The summed E-state index contributed by atoms with van der Waals surface area (Å²) in [6, 6.07) is 5.96. The molecule has 28 heavy (non-hydrogen) atoms. The SMILES string of the molecule is CN=C(NCCc1cn2ccccc2n1)N1CCN(c2cnn(C)c2)C(=O)C1. The number of hydrogen-bond donors (Lipinski definition) is 1. The molecule has 1 aliphatic rings. The van der Waals surface area contributed by atoms with Gasteiger partial charge < -0.3 is 19.5 Å². The van der Waals surface area contributed by atoms with Gasteiger partial charge in [-0.2, -0.15) is 5.10 Å². The predicted molar refractivity (Wildman–Crippen MR) is 107 cm³/mol. The van der Waals surface area contributed by atoms with Crippen molar-refractivity contribution in [2.75, 3.05) is 38.1 Å². The van der Waals surface area contributed by atoms with Crippen molar-refractivity contribution in [1.29, 1.82) is 0 Å². The van der Waals surface area contributed by atoms with Gasteiger partial charge in [0.05, 0.1) is 17.6 Å². The van der Waals surface area contributed by atoms with E-state index >= 15 is 0 Å². The number of nitrogens with zero attached hydrogens (tertiary/aromatic N) is 7. The van der Waals surface area contributed by atoms with Crippen LogP contribution in [0.2, 0.25) is 0 Å². The van der Waals surface area contributed by atoms with Crippen molar-refractivity contribution in [3.63, 3.8) is 0 Å². The highest BCUT2D eigenvalue weighted by molar-refractivity contribution is 5.98. The Hall–Kier alpha value is -3.36. The van der Waals surface area contributed by atoms with Crippen molar-refractivity contribution in [2.45, 2.75) is 6.42 Å². The monoisotopic (exact) mass is 380 g/mol. The summed E-state index contributed by atoms with van der Waals surface area (Å²) in [6.07, 6.45) is 8.39. The average molecular weight is 380 g/mol. The first-order valence-electron chi connectivity index (χ1n) is 9.31. The number of piperazine rings is 1. The van der Waals surface area contributed by atoms with Gasteiger partial charge in [-0.15, -0.1) is 0 Å². The number of nitrogens with one attached hydrogen (secondary N) is 1. The van der Waals surface area contributed by atoms with Crippen LogP contribution in [0.25, 0.3) is 5.65 Å². The molecule has 0 aromatic carbocycles. The number of fused-ring (bicyclic) bond motifs is 1. The van der Waals surface area contributed by atoms with E-state index in [0.29, 0.717) is 26.2 Å². The number of hydrogen-bond acceptors (Lipinski definition) is 4. The molecule has 0 saturated carbocycles. The first-order chi connectivity index (χ1) is 13.6. The maximum atomic E-state index is 12.6. The zero-order valence-corrected chi connectivity index (χ0v) is 16.1. The molecule has 1 saturated heterocycles. The molecule has 9 heteroatoms. The summed E-state index contributed by atoms with van der Waals surface area (Å²) < 4.78 is 3.72. The van der Waals surface area contributed by atoms with Gasteiger partial charge in [0.15, 0.2) is 5.96 Å². The number of amides is 1. The topological polar surface area (TPSA) is 83.1 Å². The lowest BCUT2D eigenvalue weighted by molar-refractivity contribution is -0.120. The molecule has 0 atom stereocenters. The second kappa shape index (κ2) is 7.71. The molecule has 0 unspecified atom stereocenters. The summed E-state index contributed by atoms with van der Waals surface area (Å²) in [5.74, 6) is 0.783. The van der Waals surface area contributed by atoms with Crippen LogP contribution in [-0.4, -0.2) is 69.2 Å². The molecular formula is C19H24N8O. The maximum Gasteiger partial charge on any atom is 0.246 e. The van der Waals surface area contributed by atoms with Gasteiger partial charge in [-0.05, 0) is 12.1 Å². The number of aryl methyl sites for hydroxylation is 1. The molecule has 0 spiro atoms. The highest BCUT2D eigenvalue weighted by Gasteiger charge is 2.27. The number of rotatable bonds is 4. The second-order valence-corrected chi connectivity index (χ2v) is 6.76.